The van der Waals surface area contributed by atoms with E-state index in [4.69, 9.17) is 5.11 Å². The maximum Gasteiger partial charge on any atom is 0.335 e. The lowest BCUT2D eigenvalue weighted by Crippen LogP contribution is -2.02. The van der Waals surface area contributed by atoms with Gasteiger partial charge in [0.2, 0.25) is 0 Å². The monoisotopic (exact) mass is 307 g/mol. The molecule has 0 aliphatic heterocycles. The standard InChI is InChI=1S/C18H17N3O2/c1-3-13-5-8-14(9-6-13)16-11-21(20-19-16)17-10-15(18(22)23)7-4-12(17)2/h4-11H,3H2,1-2H3,(H,22,23). The molecule has 0 aliphatic carbocycles. The Morgan fingerprint density at radius 1 is 1.17 bits per heavy atom. The number of aromatic nitrogens is 3. The van der Waals surface area contributed by atoms with E-state index < -0.39 is 5.97 Å². The lowest BCUT2D eigenvalue weighted by molar-refractivity contribution is 0.0697. The second-order valence-corrected chi connectivity index (χ2v) is 5.41. The highest BCUT2D eigenvalue weighted by molar-refractivity contribution is 5.88. The fourth-order valence-corrected chi connectivity index (χ4v) is 2.41. The van der Waals surface area contributed by atoms with Crippen molar-refractivity contribution in [3.05, 3.63) is 65.4 Å². The smallest absolute Gasteiger partial charge is 0.335 e. The molecule has 0 saturated carbocycles. The third-order valence-corrected chi connectivity index (χ3v) is 3.85. The van der Waals surface area contributed by atoms with Crippen molar-refractivity contribution in [1.29, 1.82) is 0 Å². The second-order valence-electron chi connectivity index (χ2n) is 5.41. The zero-order valence-corrected chi connectivity index (χ0v) is 13.0. The van der Waals surface area contributed by atoms with Crippen LogP contribution in [0.3, 0.4) is 0 Å². The molecule has 23 heavy (non-hydrogen) atoms. The molecule has 0 amide bonds. The number of aromatic carboxylic acids is 1. The molecule has 0 atom stereocenters. The third-order valence-electron chi connectivity index (χ3n) is 3.85. The summed E-state index contributed by atoms with van der Waals surface area (Å²) < 4.78 is 1.62. The highest BCUT2D eigenvalue weighted by atomic mass is 16.4. The first-order valence-electron chi connectivity index (χ1n) is 7.44. The van der Waals surface area contributed by atoms with E-state index in [0.29, 0.717) is 5.69 Å². The molecule has 1 aromatic heterocycles. The summed E-state index contributed by atoms with van der Waals surface area (Å²) in [5, 5.41) is 17.5. The molecule has 0 saturated heterocycles. The Morgan fingerprint density at radius 2 is 1.91 bits per heavy atom. The van der Waals surface area contributed by atoms with Crippen LogP contribution in [0.25, 0.3) is 16.9 Å². The number of nitrogens with zero attached hydrogens (tertiary/aromatic N) is 3. The minimum atomic E-state index is -0.957. The maximum absolute atomic E-state index is 11.1. The van der Waals surface area contributed by atoms with Crippen LogP contribution in [-0.2, 0) is 6.42 Å². The molecule has 3 aromatic rings. The molecule has 1 heterocycles. The molecule has 0 aliphatic rings. The molecule has 0 spiro atoms. The van der Waals surface area contributed by atoms with E-state index in [1.165, 1.54) is 5.56 Å². The van der Waals surface area contributed by atoms with Crippen LogP contribution in [0.15, 0.2) is 48.7 Å². The predicted octanol–water partition coefficient (Wildman–Crippen LogP) is 3.50. The van der Waals surface area contributed by atoms with E-state index in [9.17, 15) is 4.79 Å². The van der Waals surface area contributed by atoms with Crippen LogP contribution in [0.2, 0.25) is 0 Å². The Kier molecular flexibility index (Phi) is 3.93. The molecule has 0 bridgehead atoms. The maximum atomic E-state index is 11.1. The van der Waals surface area contributed by atoms with Gasteiger partial charge in [0.05, 0.1) is 17.4 Å². The van der Waals surface area contributed by atoms with E-state index in [-0.39, 0.29) is 5.56 Å². The van der Waals surface area contributed by atoms with Gasteiger partial charge in [-0.3, -0.25) is 0 Å². The topological polar surface area (TPSA) is 68.0 Å². The summed E-state index contributed by atoms with van der Waals surface area (Å²) in [5.41, 5.74) is 4.90. The summed E-state index contributed by atoms with van der Waals surface area (Å²) in [6, 6.07) is 13.2. The summed E-state index contributed by atoms with van der Waals surface area (Å²) in [4.78, 5) is 11.1. The van der Waals surface area contributed by atoms with Gasteiger partial charge in [0.1, 0.15) is 5.69 Å². The van der Waals surface area contributed by atoms with Gasteiger partial charge in [-0.15, -0.1) is 5.10 Å². The van der Waals surface area contributed by atoms with Crippen molar-refractivity contribution in [2.45, 2.75) is 20.3 Å². The van der Waals surface area contributed by atoms with Gasteiger partial charge in [-0.1, -0.05) is 42.5 Å². The average Bonchev–Trinajstić information content (AvgIpc) is 3.05. The summed E-state index contributed by atoms with van der Waals surface area (Å²) in [5.74, 6) is -0.957. The van der Waals surface area contributed by atoms with Crippen LogP contribution in [-0.4, -0.2) is 26.1 Å². The zero-order valence-electron chi connectivity index (χ0n) is 13.0. The molecule has 0 fully saturated rings. The van der Waals surface area contributed by atoms with Crippen LogP contribution in [0.1, 0.15) is 28.4 Å². The number of rotatable bonds is 4. The molecular formula is C18H17N3O2. The lowest BCUT2D eigenvalue weighted by atomic mass is 10.1. The number of benzene rings is 2. The summed E-state index contributed by atoms with van der Waals surface area (Å²) >= 11 is 0. The summed E-state index contributed by atoms with van der Waals surface area (Å²) in [7, 11) is 0. The predicted molar refractivity (Wildman–Crippen MR) is 87.9 cm³/mol. The molecular weight excluding hydrogens is 290 g/mol. The molecule has 3 rings (SSSR count). The molecule has 0 radical (unpaired) electrons. The van der Waals surface area contributed by atoms with Gasteiger partial charge in [-0.2, -0.15) is 0 Å². The van der Waals surface area contributed by atoms with Gasteiger partial charge in [-0.05, 0) is 36.6 Å². The van der Waals surface area contributed by atoms with E-state index in [1.54, 1.807) is 22.9 Å². The molecule has 5 nitrogen and oxygen atoms in total. The molecule has 1 N–H and O–H groups in total. The average molecular weight is 307 g/mol. The Labute approximate surface area is 134 Å². The number of aryl methyl sites for hydroxylation is 2. The van der Waals surface area contributed by atoms with E-state index in [1.807, 2.05) is 25.3 Å². The van der Waals surface area contributed by atoms with E-state index >= 15 is 0 Å². The first-order valence-corrected chi connectivity index (χ1v) is 7.44. The molecule has 5 heteroatoms. The number of hydrogen-bond donors (Lipinski definition) is 1. The van der Waals surface area contributed by atoms with Crippen LogP contribution in [0, 0.1) is 6.92 Å². The van der Waals surface area contributed by atoms with Crippen LogP contribution < -0.4 is 0 Å². The second kappa shape index (κ2) is 6.04. The summed E-state index contributed by atoms with van der Waals surface area (Å²) in [6.07, 6.45) is 2.81. The quantitative estimate of drug-likeness (QED) is 0.801. The normalized spacial score (nSPS) is 10.7. The van der Waals surface area contributed by atoms with Crippen molar-refractivity contribution in [3.8, 4) is 16.9 Å². The Morgan fingerprint density at radius 3 is 2.57 bits per heavy atom. The van der Waals surface area contributed by atoms with Gasteiger partial charge in [0.25, 0.3) is 0 Å². The fourth-order valence-electron chi connectivity index (χ4n) is 2.41. The lowest BCUT2D eigenvalue weighted by Gasteiger charge is -2.06. The van der Waals surface area contributed by atoms with Crippen molar-refractivity contribution < 1.29 is 9.90 Å². The molecule has 0 unspecified atom stereocenters. The Bertz CT molecular complexity index is 851. The number of hydrogen-bond acceptors (Lipinski definition) is 3. The van der Waals surface area contributed by atoms with E-state index in [0.717, 1.165) is 23.2 Å². The fraction of sp³-hybridized carbons (Fsp3) is 0.167. The Hall–Kier alpha value is -2.95. The van der Waals surface area contributed by atoms with Crippen LogP contribution in [0.4, 0.5) is 0 Å². The largest absolute Gasteiger partial charge is 0.478 e. The molecule has 2 aromatic carbocycles. The van der Waals surface area contributed by atoms with Crippen LogP contribution >= 0.6 is 0 Å². The van der Waals surface area contributed by atoms with Gasteiger partial charge < -0.3 is 5.11 Å². The van der Waals surface area contributed by atoms with Gasteiger partial charge in [-0.25, -0.2) is 9.48 Å². The van der Waals surface area contributed by atoms with Crippen molar-refractivity contribution in [2.24, 2.45) is 0 Å². The first kappa shape index (κ1) is 15.0. The summed E-state index contributed by atoms with van der Waals surface area (Å²) in [6.45, 7) is 4.03. The SMILES string of the molecule is CCc1ccc(-c2cn(-c3cc(C(=O)O)ccc3C)nn2)cc1. The third kappa shape index (κ3) is 2.99. The minimum Gasteiger partial charge on any atom is -0.478 e. The number of carboxylic acids is 1. The van der Waals surface area contributed by atoms with Gasteiger partial charge >= 0.3 is 5.97 Å². The number of carbonyl (C=O) groups is 1. The minimum absolute atomic E-state index is 0.231. The molecule has 116 valence electrons. The van der Waals surface area contributed by atoms with E-state index in [2.05, 4.69) is 29.4 Å². The van der Waals surface area contributed by atoms with Gasteiger partial charge in [0, 0.05) is 5.56 Å². The van der Waals surface area contributed by atoms with Crippen molar-refractivity contribution in [1.82, 2.24) is 15.0 Å². The highest BCUT2D eigenvalue weighted by Gasteiger charge is 2.10. The first-order chi connectivity index (χ1) is 11.1. The Balaban J connectivity index is 1.98. The zero-order chi connectivity index (χ0) is 16.4. The number of carboxylic acid groups (broad SMARTS) is 1. The van der Waals surface area contributed by atoms with Gasteiger partial charge in [0.15, 0.2) is 0 Å². The van der Waals surface area contributed by atoms with Crippen LogP contribution in [0.5, 0.6) is 0 Å². The van der Waals surface area contributed by atoms with Crippen molar-refractivity contribution in [3.63, 3.8) is 0 Å². The highest BCUT2D eigenvalue weighted by Crippen LogP contribution is 2.21. The van der Waals surface area contributed by atoms with Crippen molar-refractivity contribution in [2.75, 3.05) is 0 Å². The van der Waals surface area contributed by atoms with Crippen molar-refractivity contribution >= 4 is 5.97 Å².